The summed E-state index contributed by atoms with van der Waals surface area (Å²) in [5, 5.41) is 11.3. The van der Waals surface area contributed by atoms with Crippen molar-refractivity contribution in [2.24, 2.45) is 0 Å². The zero-order valence-electron chi connectivity index (χ0n) is 16.7. The van der Waals surface area contributed by atoms with Crippen LogP contribution in [0.3, 0.4) is 0 Å². The van der Waals surface area contributed by atoms with Crippen molar-refractivity contribution in [1.29, 1.82) is 0 Å². The third kappa shape index (κ3) is 4.43. The van der Waals surface area contributed by atoms with Crippen molar-refractivity contribution in [3.05, 3.63) is 89.7 Å². The van der Waals surface area contributed by atoms with Crippen LogP contribution in [0.2, 0.25) is 0 Å². The molecule has 1 heterocycles. The summed E-state index contributed by atoms with van der Waals surface area (Å²) in [6, 6.07) is 19.8. The van der Waals surface area contributed by atoms with Gasteiger partial charge in [0.1, 0.15) is 0 Å². The van der Waals surface area contributed by atoms with E-state index in [0.717, 1.165) is 41.0 Å². The number of ether oxygens (including phenoxy) is 2. The van der Waals surface area contributed by atoms with Gasteiger partial charge in [-0.2, -0.15) is 0 Å². The van der Waals surface area contributed by atoms with Gasteiger partial charge in [-0.25, -0.2) is 0 Å². The molecule has 0 radical (unpaired) electrons. The SMILES string of the molecule is COc1ccc([C@@H](c2ccccc2)[C@H](O)c2ccncc2)cc1OC1CCCC1. The lowest BCUT2D eigenvalue weighted by Gasteiger charge is -2.26. The third-order valence-corrected chi connectivity index (χ3v) is 5.66. The summed E-state index contributed by atoms with van der Waals surface area (Å²) in [7, 11) is 1.66. The van der Waals surface area contributed by atoms with Crippen molar-refractivity contribution >= 4 is 0 Å². The first-order valence-electron chi connectivity index (χ1n) is 10.2. The van der Waals surface area contributed by atoms with E-state index in [1.165, 1.54) is 12.8 Å². The summed E-state index contributed by atoms with van der Waals surface area (Å²) in [5.74, 6) is 1.25. The highest BCUT2D eigenvalue weighted by Gasteiger charge is 2.26. The van der Waals surface area contributed by atoms with Crippen molar-refractivity contribution in [3.8, 4) is 11.5 Å². The second kappa shape index (κ2) is 9.10. The smallest absolute Gasteiger partial charge is 0.161 e. The number of aliphatic hydroxyl groups is 1. The number of methoxy groups -OCH3 is 1. The molecule has 4 heteroatoms. The van der Waals surface area contributed by atoms with Crippen LogP contribution in [-0.2, 0) is 0 Å². The van der Waals surface area contributed by atoms with Gasteiger partial charge in [0, 0.05) is 18.3 Å². The lowest BCUT2D eigenvalue weighted by Crippen LogP contribution is -2.15. The van der Waals surface area contributed by atoms with E-state index in [0.29, 0.717) is 0 Å². The quantitative estimate of drug-likeness (QED) is 0.597. The van der Waals surface area contributed by atoms with Crippen molar-refractivity contribution in [2.75, 3.05) is 7.11 Å². The highest BCUT2D eigenvalue weighted by molar-refractivity contribution is 5.47. The molecule has 0 amide bonds. The number of pyridine rings is 1. The Hall–Kier alpha value is -2.85. The van der Waals surface area contributed by atoms with Crippen LogP contribution in [0.25, 0.3) is 0 Å². The molecule has 2 atom stereocenters. The first-order valence-corrected chi connectivity index (χ1v) is 10.2. The van der Waals surface area contributed by atoms with Gasteiger partial charge >= 0.3 is 0 Å². The van der Waals surface area contributed by atoms with Crippen LogP contribution in [-0.4, -0.2) is 23.3 Å². The van der Waals surface area contributed by atoms with Gasteiger partial charge in [-0.1, -0.05) is 36.4 Å². The van der Waals surface area contributed by atoms with Gasteiger partial charge in [0.05, 0.1) is 19.3 Å². The van der Waals surface area contributed by atoms with Crippen LogP contribution >= 0.6 is 0 Å². The average molecular weight is 389 g/mol. The lowest BCUT2D eigenvalue weighted by molar-refractivity contribution is 0.158. The second-order valence-corrected chi connectivity index (χ2v) is 7.55. The Balaban J connectivity index is 1.74. The molecule has 0 unspecified atom stereocenters. The molecule has 2 aromatic carbocycles. The number of aromatic nitrogens is 1. The summed E-state index contributed by atoms with van der Waals surface area (Å²) in [6.45, 7) is 0. The van der Waals surface area contributed by atoms with Crippen molar-refractivity contribution in [1.82, 2.24) is 4.98 Å². The molecular weight excluding hydrogens is 362 g/mol. The van der Waals surface area contributed by atoms with Crippen LogP contribution in [0, 0.1) is 0 Å². The molecule has 0 spiro atoms. The van der Waals surface area contributed by atoms with Crippen LogP contribution in [0.15, 0.2) is 73.1 Å². The maximum Gasteiger partial charge on any atom is 0.161 e. The molecule has 0 aliphatic heterocycles. The van der Waals surface area contributed by atoms with E-state index in [1.54, 1.807) is 19.5 Å². The van der Waals surface area contributed by atoms with Gasteiger partial charge in [0.2, 0.25) is 0 Å². The Morgan fingerprint density at radius 2 is 1.59 bits per heavy atom. The third-order valence-electron chi connectivity index (χ3n) is 5.66. The number of aliphatic hydroxyl groups excluding tert-OH is 1. The first kappa shape index (κ1) is 19.5. The van der Waals surface area contributed by atoms with Crippen molar-refractivity contribution < 1.29 is 14.6 Å². The molecule has 1 N–H and O–H groups in total. The molecule has 0 saturated heterocycles. The molecule has 1 aliphatic rings. The number of hydrogen-bond acceptors (Lipinski definition) is 4. The van der Waals surface area contributed by atoms with Gasteiger partial charge in [-0.15, -0.1) is 0 Å². The molecule has 4 nitrogen and oxygen atoms in total. The number of benzene rings is 2. The highest BCUT2D eigenvalue weighted by atomic mass is 16.5. The van der Waals surface area contributed by atoms with Crippen LogP contribution in [0.5, 0.6) is 11.5 Å². The molecule has 1 fully saturated rings. The molecule has 150 valence electrons. The average Bonchev–Trinajstić information content (AvgIpc) is 3.28. The Morgan fingerprint density at radius 3 is 2.28 bits per heavy atom. The van der Waals surface area contributed by atoms with E-state index in [9.17, 15) is 5.11 Å². The molecular formula is C25H27NO3. The van der Waals surface area contributed by atoms with Gasteiger partial charge in [0.25, 0.3) is 0 Å². The van der Waals surface area contributed by atoms with E-state index < -0.39 is 6.10 Å². The van der Waals surface area contributed by atoms with Gasteiger partial charge < -0.3 is 14.6 Å². The van der Waals surface area contributed by atoms with E-state index in [-0.39, 0.29) is 12.0 Å². The predicted molar refractivity (Wildman–Crippen MR) is 113 cm³/mol. The standard InChI is InChI=1S/C25H27NO3/c1-28-22-12-11-20(17-23(22)29-21-9-5-6-10-21)24(18-7-3-2-4-8-18)25(27)19-13-15-26-16-14-19/h2-4,7-8,11-17,21,24-25,27H,5-6,9-10H2,1H3/t24-,25-/m1/s1. The largest absolute Gasteiger partial charge is 0.493 e. The van der Waals surface area contributed by atoms with E-state index >= 15 is 0 Å². The highest BCUT2D eigenvalue weighted by Crippen LogP contribution is 2.41. The Morgan fingerprint density at radius 1 is 0.862 bits per heavy atom. The van der Waals surface area contributed by atoms with E-state index in [4.69, 9.17) is 9.47 Å². The van der Waals surface area contributed by atoms with Crippen LogP contribution in [0.1, 0.15) is 54.4 Å². The molecule has 3 aromatic rings. The minimum absolute atomic E-state index is 0.226. The number of nitrogens with zero attached hydrogens (tertiary/aromatic N) is 1. The maximum atomic E-state index is 11.3. The molecule has 1 aliphatic carbocycles. The van der Waals surface area contributed by atoms with Crippen molar-refractivity contribution in [2.45, 2.75) is 43.8 Å². The summed E-state index contributed by atoms with van der Waals surface area (Å²) < 4.78 is 11.8. The normalized spacial score (nSPS) is 16.3. The predicted octanol–water partition coefficient (Wildman–Crippen LogP) is 5.28. The first-order chi connectivity index (χ1) is 14.3. The Kier molecular flexibility index (Phi) is 6.11. The van der Waals surface area contributed by atoms with Crippen LogP contribution < -0.4 is 9.47 Å². The minimum Gasteiger partial charge on any atom is -0.493 e. The summed E-state index contributed by atoms with van der Waals surface area (Å²) >= 11 is 0. The zero-order valence-corrected chi connectivity index (χ0v) is 16.7. The Bertz CT molecular complexity index is 908. The van der Waals surface area contributed by atoms with Crippen molar-refractivity contribution in [3.63, 3.8) is 0 Å². The van der Waals surface area contributed by atoms with Gasteiger partial charge in [-0.05, 0) is 66.6 Å². The molecule has 1 saturated carbocycles. The summed E-state index contributed by atoms with van der Waals surface area (Å²) in [6.07, 6.45) is 7.53. The maximum absolute atomic E-state index is 11.3. The fourth-order valence-corrected chi connectivity index (χ4v) is 4.14. The lowest BCUT2D eigenvalue weighted by atomic mass is 9.83. The minimum atomic E-state index is -0.701. The van der Waals surface area contributed by atoms with E-state index in [1.807, 2.05) is 48.5 Å². The molecule has 29 heavy (non-hydrogen) atoms. The summed E-state index contributed by atoms with van der Waals surface area (Å²) in [4.78, 5) is 4.08. The fourth-order valence-electron chi connectivity index (χ4n) is 4.14. The second-order valence-electron chi connectivity index (χ2n) is 7.55. The molecule has 0 bridgehead atoms. The Labute approximate surface area is 172 Å². The molecule has 4 rings (SSSR count). The van der Waals surface area contributed by atoms with Crippen LogP contribution in [0.4, 0.5) is 0 Å². The van der Waals surface area contributed by atoms with Gasteiger partial charge in [-0.3, -0.25) is 4.98 Å². The molecule has 1 aromatic heterocycles. The zero-order chi connectivity index (χ0) is 20.1. The topological polar surface area (TPSA) is 51.6 Å². The van der Waals surface area contributed by atoms with Gasteiger partial charge in [0.15, 0.2) is 11.5 Å². The van der Waals surface area contributed by atoms with E-state index in [2.05, 4.69) is 17.1 Å². The number of hydrogen-bond donors (Lipinski definition) is 1. The summed E-state index contributed by atoms with van der Waals surface area (Å²) in [5.41, 5.74) is 2.88. The monoisotopic (exact) mass is 389 g/mol. The fraction of sp³-hybridized carbons (Fsp3) is 0.320. The number of rotatable bonds is 7.